The van der Waals surface area contributed by atoms with Gasteiger partial charge in [-0.1, -0.05) is 13.8 Å². The van der Waals surface area contributed by atoms with Gasteiger partial charge < -0.3 is 9.80 Å². The normalized spacial score (nSPS) is 21.8. The molecule has 1 atom stereocenters. The Kier molecular flexibility index (Phi) is 3.78. The number of urea groups is 1. The zero-order valence-corrected chi connectivity index (χ0v) is 9.79. The first kappa shape index (κ1) is 11.3. The zero-order chi connectivity index (χ0) is 10.7. The molecule has 3 nitrogen and oxygen atoms in total. The van der Waals surface area contributed by atoms with Crippen molar-refractivity contribution in [1.29, 1.82) is 0 Å². The number of rotatable bonds is 2. The number of amides is 2. The lowest BCUT2D eigenvalue weighted by Gasteiger charge is -2.21. The average Bonchev–Trinajstić information content (AvgIpc) is 2.50. The lowest BCUT2D eigenvalue weighted by molar-refractivity contribution is 0.179. The number of hydrogen-bond acceptors (Lipinski definition) is 1. The van der Waals surface area contributed by atoms with E-state index in [0.717, 1.165) is 24.9 Å². The predicted octanol–water partition coefficient (Wildman–Crippen LogP) is 2.04. The van der Waals surface area contributed by atoms with Crippen LogP contribution in [0.2, 0.25) is 0 Å². The van der Waals surface area contributed by atoms with Gasteiger partial charge in [0.1, 0.15) is 0 Å². The molecule has 1 heterocycles. The Labute approximate surface area is 87.1 Å². The van der Waals surface area contributed by atoms with E-state index >= 15 is 0 Å². The molecule has 0 bridgehead atoms. The maximum Gasteiger partial charge on any atom is 0.319 e. The summed E-state index contributed by atoms with van der Waals surface area (Å²) in [5.74, 6) is 1.47. The van der Waals surface area contributed by atoms with Crippen LogP contribution in [-0.4, -0.2) is 43.0 Å². The highest BCUT2D eigenvalue weighted by atomic mass is 16.2. The lowest BCUT2D eigenvalue weighted by Crippen LogP contribution is -2.37. The molecule has 0 aromatic carbocycles. The summed E-state index contributed by atoms with van der Waals surface area (Å²) >= 11 is 0. The highest BCUT2D eigenvalue weighted by Gasteiger charge is 2.27. The molecule has 0 N–H and O–H groups in total. The third-order valence-corrected chi connectivity index (χ3v) is 2.74. The first-order valence-electron chi connectivity index (χ1n) is 5.47. The molecule has 0 aromatic rings. The number of nitrogens with zero attached hydrogens (tertiary/aromatic N) is 2. The van der Waals surface area contributed by atoms with Gasteiger partial charge in [-0.2, -0.15) is 0 Å². The van der Waals surface area contributed by atoms with Gasteiger partial charge in [0, 0.05) is 27.2 Å². The van der Waals surface area contributed by atoms with Crippen LogP contribution in [0, 0.1) is 11.8 Å². The van der Waals surface area contributed by atoms with Crippen LogP contribution in [0.5, 0.6) is 0 Å². The highest BCUT2D eigenvalue weighted by molar-refractivity contribution is 5.74. The SMILES string of the molecule is CC(C)C[C@@H]1CCN(C(=O)N(C)C)C1. The Morgan fingerprint density at radius 1 is 1.50 bits per heavy atom. The zero-order valence-electron chi connectivity index (χ0n) is 9.79. The molecular weight excluding hydrogens is 176 g/mol. The van der Waals surface area contributed by atoms with E-state index in [1.54, 1.807) is 4.90 Å². The molecule has 1 rings (SSSR count). The molecule has 1 aliphatic rings. The molecule has 0 saturated carbocycles. The Morgan fingerprint density at radius 2 is 2.14 bits per heavy atom. The quantitative estimate of drug-likeness (QED) is 0.666. The van der Waals surface area contributed by atoms with E-state index in [1.165, 1.54) is 12.8 Å². The number of carbonyl (C=O) groups is 1. The Morgan fingerprint density at radius 3 is 2.64 bits per heavy atom. The van der Waals surface area contributed by atoms with E-state index in [4.69, 9.17) is 0 Å². The minimum absolute atomic E-state index is 0.163. The Hall–Kier alpha value is -0.730. The Balaban J connectivity index is 2.37. The minimum Gasteiger partial charge on any atom is -0.331 e. The van der Waals surface area contributed by atoms with Gasteiger partial charge in [0.25, 0.3) is 0 Å². The van der Waals surface area contributed by atoms with Crippen LogP contribution in [0.25, 0.3) is 0 Å². The molecular formula is C11H22N2O. The summed E-state index contributed by atoms with van der Waals surface area (Å²) in [5.41, 5.74) is 0. The summed E-state index contributed by atoms with van der Waals surface area (Å²) in [4.78, 5) is 15.3. The van der Waals surface area contributed by atoms with Gasteiger partial charge in [0.15, 0.2) is 0 Å². The van der Waals surface area contributed by atoms with Gasteiger partial charge in [-0.25, -0.2) is 4.79 Å². The van der Waals surface area contributed by atoms with Gasteiger partial charge in [-0.15, -0.1) is 0 Å². The first-order chi connectivity index (χ1) is 6.50. The lowest BCUT2D eigenvalue weighted by atomic mass is 9.97. The standard InChI is InChI=1S/C11H22N2O/c1-9(2)7-10-5-6-13(8-10)11(14)12(3)4/h9-10H,5-8H2,1-4H3/t10-/m0/s1. The second kappa shape index (κ2) is 4.67. The van der Waals surface area contributed by atoms with Crippen molar-refractivity contribution in [3.05, 3.63) is 0 Å². The van der Waals surface area contributed by atoms with Crippen molar-refractivity contribution >= 4 is 6.03 Å². The summed E-state index contributed by atoms with van der Waals surface area (Å²) in [6.07, 6.45) is 2.43. The summed E-state index contributed by atoms with van der Waals surface area (Å²) < 4.78 is 0. The molecule has 82 valence electrons. The van der Waals surface area contributed by atoms with Crippen LogP contribution in [0.4, 0.5) is 4.79 Å². The third kappa shape index (κ3) is 2.89. The minimum atomic E-state index is 0.163. The van der Waals surface area contributed by atoms with Crippen molar-refractivity contribution in [3.63, 3.8) is 0 Å². The first-order valence-corrected chi connectivity index (χ1v) is 5.47. The van der Waals surface area contributed by atoms with Crippen molar-refractivity contribution in [3.8, 4) is 0 Å². The number of hydrogen-bond donors (Lipinski definition) is 0. The second-order valence-corrected chi connectivity index (χ2v) is 4.91. The topological polar surface area (TPSA) is 23.6 Å². The van der Waals surface area contributed by atoms with E-state index in [-0.39, 0.29) is 6.03 Å². The molecule has 2 amide bonds. The monoisotopic (exact) mass is 198 g/mol. The molecule has 1 saturated heterocycles. The highest BCUT2D eigenvalue weighted by Crippen LogP contribution is 2.23. The third-order valence-electron chi connectivity index (χ3n) is 2.74. The van der Waals surface area contributed by atoms with Crippen molar-refractivity contribution in [1.82, 2.24) is 9.80 Å². The van der Waals surface area contributed by atoms with Gasteiger partial charge >= 0.3 is 6.03 Å². The maximum atomic E-state index is 11.6. The molecule has 1 aliphatic heterocycles. The molecule has 3 heteroatoms. The average molecular weight is 198 g/mol. The van der Waals surface area contributed by atoms with Gasteiger partial charge in [0.2, 0.25) is 0 Å². The van der Waals surface area contributed by atoms with Crippen LogP contribution in [0.1, 0.15) is 26.7 Å². The molecule has 0 aromatic heterocycles. The Bertz CT molecular complexity index is 201. The van der Waals surface area contributed by atoms with Crippen molar-refractivity contribution in [2.75, 3.05) is 27.2 Å². The predicted molar refractivity (Wildman–Crippen MR) is 58.2 cm³/mol. The number of carbonyl (C=O) groups excluding carboxylic acids is 1. The number of likely N-dealkylation sites (tertiary alicyclic amines) is 1. The van der Waals surface area contributed by atoms with E-state index < -0.39 is 0 Å². The van der Waals surface area contributed by atoms with Crippen molar-refractivity contribution in [2.45, 2.75) is 26.7 Å². The van der Waals surface area contributed by atoms with E-state index in [1.807, 2.05) is 19.0 Å². The van der Waals surface area contributed by atoms with Gasteiger partial charge in [-0.05, 0) is 24.7 Å². The summed E-state index contributed by atoms with van der Waals surface area (Å²) in [7, 11) is 3.64. The smallest absolute Gasteiger partial charge is 0.319 e. The fourth-order valence-corrected chi connectivity index (χ4v) is 2.15. The summed E-state index contributed by atoms with van der Waals surface area (Å²) in [6, 6.07) is 0.163. The fraction of sp³-hybridized carbons (Fsp3) is 0.909. The van der Waals surface area contributed by atoms with E-state index in [0.29, 0.717) is 0 Å². The maximum absolute atomic E-state index is 11.6. The molecule has 0 unspecified atom stereocenters. The molecule has 0 spiro atoms. The van der Waals surface area contributed by atoms with Crippen LogP contribution >= 0.6 is 0 Å². The van der Waals surface area contributed by atoms with Crippen LogP contribution in [0.3, 0.4) is 0 Å². The molecule has 1 fully saturated rings. The largest absolute Gasteiger partial charge is 0.331 e. The van der Waals surface area contributed by atoms with Crippen LogP contribution in [0.15, 0.2) is 0 Å². The molecule has 0 radical (unpaired) electrons. The van der Waals surface area contributed by atoms with Crippen LogP contribution < -0.4 is 0 Å². The van der Waals surface area contributed by atoms with E-state index in [9.17, 15) is 4.79 Å². The molecule has 14 heavy (non-hydrogen) atoms. The second-order valence-electron chi connectivity index (χ2n) is 4.91. The van der Waals surface area contributed by atoms with Gasteiger partial charge in [0.05, 0.1) is 0 Å². The van der Waals surface area contributed by atoms with Crippen molar-refractivity contribution < 1.29 is 4.79 Å². The van der Waals surface area contributed by atoms with Gasteiger partial charge in [-0.3, -0.25) is 0 Å². The van der Waals surface area contributed by atoms with E-state index in [2.05, 4.69) is 13.8 Å². The van der Waals surface area contributed by atoms with Crippen molar-refractivity contribution in [2.24, 2.45) is 11.8 Å². The molecule has 0 aliphatic carbocycles. The summed E-state index contributed by atoms with van der Waals surface area (Å²) in [5, 5.41) is 0. The summed E-state index contributed by atoms with van der Waals surface area (Å²) in [6.45, 7) is 6.39. The fourth-order valence-electron chi connectivity index (χ4n) is 2.15. The van der Waals surface area contributed by atoms with Crippen LogP contribution in [-0.2, 0) is 0 Å².